The van der Waals surface area contributed by atoms with Crippen LogP contribution in [0, 0.1) is 11.3 Å². The first-order valence-electron chi connectivity index (χ1n) is 4.30. The molecular formula is C10H9ClN2O2. The van der Waals surface area contributed by atoms with E-state index in [9.17, 15) is 4.79 Å². The predicted octanol–water partition coefficient (Wildman–Crippen LogP) is 2.78. The molecule has 0 atom stereocenters. The Hall–Kier alpha value is -1.73. The van der Waals surface area contributed by atoms with Crippen molar-refractivity contribution in [1.82, 2.24) is 0 Å². The molecule has 1 aromatic carbocycles. The van der Waals surface area contributed by atoms with Crippen LogP contribution in [0.5, 0.6) is 0 Å². The molecule has 15 heavy (non-hydrogen) atoms. The van der Waals surface area contributed by atoms with Gasteiger partial charge in [0.25, 0.3) is 0 Å². The van der Waals surface area contributed by atoms with Gasteiger partial charge in [0.1, 0.15) is 0 Å². The lowest BCUT2D eigenvalue weighted by molar-refractivity contribution is 0.168. The molecule has 0 bridgehead atoms. The topological polar surface area (TPSA) is 62.1 Å². The molecule has 1 N–H and O–H groups in total. The fourth-order valence-electron chi connectivity index (χ4n) is 0.963. The fourth-order valence-corrected chi connectivity index (χ4v) is 1.19. The molecule has 1 aromatic rings. The van der Waals surface area contributed by atoms with Crippen LogP contribution in [0.2, 0.25) is 5.02 Å². The molecule has 0 fully saturated rings. The SMILES string of the molecule is CCOC(=O)Nc1ccc(C#N)cc1Cl. The molecule has 0 aliphatic carbocycles. The van der Waals surface area contributed by atoms with E-state index in [1.54, 1.807) is 19.1 Å². The number of hydrogen-bond donors (Lipinski definition) is 1. The number of anilines is 1. The van der Waals surface area contributed by atoms with Gasteiger partial charge < -0.3 is 4.74 Å². The molecule has 0 saturated heterocycles. The minimum atomic E-state index is -0.566. The number of halogens is 1. The summed E-state index contributed by atoms with van der Waals surface area (Å²) in [7, 11) is 0. The molecule has 0 aromatic heterocycles. The standard InChI is InChI=1S/C10H9ClN2O2/c1-2-15-10(14)13-9-4-3-7(6-12)5-8(9)11/h3-5H,2H2,1H3,(H,13,14). The van der Waals surface area contributed by atoms with E-state index < -0.39 is 6.09 Å². The largest absolute Gasteiger partial charge is 0.450 e. The molecule has 0 saturated carbocycles. The summed E-state index contributed by atoms with van der Waals surface area (Å²) >= 11 is 5.83. The number of nitriles is 1. The fraction of sp³-hybridized carbons (Fsp3) is 0.200. The van der Waals surface area contributed by atoms with E-state index >= 15 is 0 Å². The highest BCUT2D eigenvalue weighted by Gasteiger charge is 2.06. The van der Waals surface area contributed by atoms with E-state index in [-0.39, 0.29) is 0 Å². The third kappa shape index (κ3) is 3.15. The summed E-state index contributed by atoms with van der Waals surface area (Å²) in [5.41, 5.74) is 0.864. The van der Waals surface area contributed by atoms with Gasteiger partial charge in [0.05, 0.1) is 28.9 Å². The van der Waals surface area contributed by atoms with Crippen molar-refractivity contribution in [3.8, 4) is 6.07 Å². The molecule has 0 unspecified atom stereocenters. The van der Waals surface area contributed by atoms with Gasteiger partial charge in [-0.05, 0) is 25.1 Å². The Kier molecular flexibility index (Phi) is 3.95. The van der Waals surface area contributed by atoms with Gasteiger partial charge >= 0.3 is 6.09 Å². The molecule has 1 rings (SSSR count). The van der Waals surface area contributed by atoms with Crippen LogP contribution in [-0.4, -0.2) is 12.7 Å². The average Bonchev–Trinajstić information content (AvgIpc) is 2.21. The van der Waals surface area contributed by atoms with Crippen molar-refractivity contribution in [3.05, 3.63) is 28.8 Å². The monoisotopic (exact) mass is 224 g/mol. The maximum atomic E-state index is 11.1. The Labute approximate surface area is 92.4 Å². The number of amides is 1. The Morgan fingerprint density at radius 3 is 2.93 bits per heavy atom. The van der Waals surface area contributed by atoms with Crippen LogP contribution in [0.1, 0.15) is 12.5 Å². The predicted molar refractivity (Wildman–Crippen MR) is 56.8 cm³/mol. The first kappa shape index (κ1) is 11.3. The normalized spacial score (nSPS) is 9.13. The van der Waals surface area contributed by atoms with E-state index in [2.05, 4.69) is 10.1 Å². The molecule has 0 aliphatic heterocycles. The van der Waals surface area contributed by atoms with Crippen LogP contribution in [0.15, 0.2) is 18.2 Å². The van der Waals surface area contributed by atoms with E-state index in [0.29, 0.717) is 22.9 Å². The zero-order valence-corrected chi connectivity index (χ0v) is 8.84. The molecule has 1 amide bonds. The van der Waals surface area contributed by atoms with Gasteiger partial charge in [-0.2, -0.15) is 5.26 Å². The summed E-state index contributed by atoms with van der Waals surface area (Å²) in [6.07, 6.45) is -0.566. The number of rotatable bonds is 2. The van der Waals surface area contributed by atoms with Crippen molar-refractivity contribution in [3.63, 3.8) is 0 Å². The Balaban J connectivity index is 2.79. The van der Waals surface area contributed by atoms with Crippen LogP contribution >= 0.6 is 11.6 Å². The zero-order valence-electron chi connectivity index (χ0n) is 8.08. The number of benzene rings is 1. The van der Waals surface area contributed by atoms with Crippen molar-refractivity contribution in [2.24, 2.45) is 0 Å². The van der Waals surface area contributed by atoms with Gasteiger partial charge in [-0.3, -0.25) is 5.32 Å². The van der Waals surface area contributed by atoms with E-state index in [0.717, 1.165) is 0 Å². The quantitative estimate of drug-likeness (QED) is 0.840. The lowest BCUT2D eigenvalue weighted by Crippen LogP contribution is -2.13. The summed E-state index contributed by atoms with van der Waals surface area (Å²) in [5.74, 6) is 0. The number of ether oxygens (including phenoxy) is 1. The van der Waals surface area contributed by atoms with Gasteiger partial charge in [-0.1, -0.05) is 11.6 Å². The number of hydrogen-bond acceptors (Lipinski definition) is 3. The Bertz CT molecular complexity index is 412. The van der Waals surface area contributed by atoms with Crippen molar-refractivity contribution < 1.29 is 9.53 Å². The van der Waals surface area contributed by atoms with Gasteiger partial charge in [-0.25, -0.2) is 4.79 Å². The molecule has 0 radical (unpaired) electrons. The third-order valence-corrected chi connectivity index (χ3v) is 1.92. The van der Waals surface area contributed by atoms with Crippen LogP contribution < -0.4 is 5.32 Å². The first-order valence-corrected chi connectivity index (χ1v) is 4.68. The minimum absolute atomic E-state index is 0.291. The lowest BCUT2D eigenvalue weighted by Gasteiger charge is -2.06. The molecule has 0 spiro atoms. The molecule has 5 heteroatoms. The zero-order chi connectivity index (χ0) is 11.3. The second-order valence-corrected chi connectivity index (χ2v) is 3.06. The van der Waals surface area contributed by atoms with Crippen molar-refractivity contribution in [2.45, 2.75) is 6.92 Å². The smallest absolute Gasteiger partial charge is 0.411 e. The number of carbonyl (C=O) groups excluding carboxylic acids is 1. The Morgan fingerprint density at radius 2 is 2.40 bits per heavy atom. The molecule has 0 heterocycles. The van der Waals surface area contributed by atoms with Gasteiger partial charge in [0.2, 0.25) is 0 Å². The van der Waals surface area contributed by atoms with Gasteiger partial charge in [0, 0.05) is 0 Å². The minimum Gasteiger partial charge on any atom is -0.450 e. The molecule has 0 aliphatic rings. The Morgan fingerprint density at radius 1 is 1.67 bits per heavy atom. The maximum absolute atomic E-state index is 11.1. The summed E-state index contributed by atoms with van der Waals surface area (Å²) in [6.45, 7) is 2.00. The van der Waals surface area contributed by atoms with Crippen molar-refractivity contribution >= 4 is 23.4 Å². The van der Waals surface area contributed by atoms with E-state index in [1.807, 2.05) is 6.07 Å². The molecule has 4 nitrogen and oxygen atoms in total. The van der Waals surface area contributed by atoms with Crippen LogP contribution in [0.4, 0.5) is 10.5 Å². The first-order chi connectivity index (χ1) is 7.17. The highest BCUT2D eigenvalue weighted by Crippen LogP contribution is 2.22. The molecular weight excluding hydrogens is 216 g/mol. The average molecular weight is 225 g/mol. The van der Waals surface area contributed by atoms with Crippen LogP contribution in [0.3, 0.4) is 0 Å². The number of carbonyl (C=O) groups is 1. The third-order valence-electron chi connectivity index (χ3n) is 1.61. The highest BCUT2D eigenvalue weighted by molar-refractivity contribution is 6.33. The van der Waals surface area contributed by atoms with Crippen molar-refractivity contribution in [1.29, 1.82) is 5.26 Å². The van der Waals surface area contributed by atoms with Gasteiger partial charge in [-0.15, -0.1) is 0 Å². The van der Waals surface area contributed by atoms with Crippen molar-refractivity contribution in [2.75, 3.05) is 11.9 Å². The summed E-state index contributed by atoms with van der Waals surface area (Å²) in [5, 5.41) is 11.4. The summed E-state index contributed by atoms with van der Waals surface area (Å²) in [6, 6.07) is 6.54. The second kappa shape index (κ2) is 5.23. The molecule has 78 valence electrons. The lowest BCUT2D eigenvalue weighted by atomic mass is 10.2. The maximum Gasteiger partial charge on any atom is 0.411 e. The van der Waals surface area contributed by atoms with Gasteiger partial charge in [0.15, 0.2) is 0 Å². The highest BCUT2D eigenvalue weighted by atomic mass is 35.5. The van der Waals surface area contributed by atoms with Crippen LogP contribution in [0.25, 0.3) is 0 Å². The second-order valence-electron chi connectivity index (χ2n) is 2.65. The van der Waals surface area contributed by atoms with E-state index in [4.69, 9.17) is 16.9 Å². The van der Waals surface area contributed by atoms with Crippen LogP contribution in [-0.2, 0) is 4.74 Å². The van der Waals surface area contributed by atoms with E-state index in [1.165, 1.54) is 6.07 Å². The number of nitrogens with one attached hydrogen (secondary N) is 1. The number of nitrogens with zero attached hydrogens (tertiary/aromatic N) is 1. The summed E-state index contributed by atoms with van der Waals surface area (Å²) in [4.78, 5) is 11.1. The summed E-state index contributed by atoms with van der Waals surface area (Å²) < 4.78 is 4.68.